The Hall–Kier alpha value is -2.77. The van der Waals surface area contributed by atoms with Crippen molar-refractivity contribution < 1.29 is 22.9 Å². The summed E-state index contributed by atoms with van der Waals surface area (Å²) in [7, 11) is 0. The molecule has 0 spiro atoms. The minimum Gasteiger partial charge on any atom is -0.361 e. The van der Waals surface area contributed by atoms with Crippen LogP contribution in [-0.2, 0) is 16.0 Å². The average Bonchev–Trinajstić information content (AvgIpc) is 2.88. The normalized spacial score (nSPS) is 10.6. The van der Waals surface area contributed by atoms with Gasteiger partial charge in [0.1, 0.15) is 23.1 Å². The first-order valence-corrected chi connectivity index (χ1v) is 7.76. The van der Waals surface area contributed by atoms with E-state index < -0.39 is 23.2 Å². The van der Waals surface area contributed by atoms with Gasteiger partial charge in [-0.2, -0.15) is 0 Å². The number of nitrogens with zero attached hydrogens (tertiary/aromatic N) is 2. The molecule has 25 heavy (non-hydrogen) atoms. The second-order valence-corrected chi connectivity index (χ2v) is 5.53. The van der Waals surface area contributed by atoms with Gasteiger partial charge in [-0.3, -0.25) is 9.59 Å². The molecule has 0 saturated carbocycles. The number of carbonyl (C=O) groups excluding carboxylic acids is 2. The molecule has 134 valence electrons. The third-order valence-corrected chi connectivity index (χ3v) is 3.81. The highest BCUT2D eigenvalue weighted by atomic mass is 19.1. The van der Waals surface area contributed by atoms with E-state index in [4.69, 9.17) is 4.52 Å². The van der Waals surface area contributed by atoms with Gasteiger partial charge in [0.25, 0.3) is 0 Å². The Morgan fingerprint density at radius 1 is 1.24 bits per heavy atom. The van der Waals surface area contributed by atoms with E-state index in [0.717, 1.165) is 12.1 Å². The third-order valence-electron chi connectivity index (χ3n) is 3.81. The molecule has 2 aromatic rings. The number of para-hydroxylation sites is 1. The van der Waals surface area contributed by atoms with Crippen molar-refractivity contribution in [3.63, 3.8) is 0 Å². The lowest BCUT2D eigenvalue weighted by molar-refractivity contribution is -0.133. The van der Waals surface area contributed by atoms with Gasteiger partial charge in [-0.25, -0.2) is 8.78 Å². The maximum Gasteiger partial charge on any atom is 0.244 e. The minimum atomic E-state index is -0.876. The number of nitrogens with one attached hydrogen (secondary N) is 1. The first-order chi connectivity index (χ1) is 11.8. The van der Waals surface area contributed by atoms with E-state index in [1.807, 2.05) is 0 Å². The monoisotopic (exact) mass is 351 g/mol. The predicted molar refractivity (Wildman–Crippen MR) is 86.9 cm³/mol. The molecule has 0 aliphatic heterocycles. The molecule has 0 bridgehead atoms. The fourth-order valence-corrected chi connectivity index (χ4v) is 2.36. The number of amides is 2. The molecule has 1 aromatic heterocycles. The first kappa shape index (κ1) is 18.6. The summed E-state index contributed by atoms with van der Waals surface area (Å²) in [6, 6.07) is 3.28. The highest BCUT2D eigenvalue weighted by Gasteiger charge is 2.21. The predicted octanol–water partition coefficient (Wildman–Crippen LogP) is 2.60. The summed E-state index contributed by atoms with van der Waals surface area (Å²) in [6.07, 6.45) is 0.0380. The zero-order valence-electron chi connectivity index (χ0n) is 14.2. The van der Waals surface area contributed by atoms with E-state index in [-0.39, 0.29) is 25.4 Å². The van der Waals surface area contributed by atoms with Gasteiger partial charge in [0.2, 0.25) is 11.8 Å². The average molecular weight is 351 g/mol. The number of carbonyl (C=O) groups is 2. The lowest BCUT2D eigenvalue weighted by atomic mass is 10.1. The topological polar surface area (TPSA) is 75.4 Å². The molecule has 6 nitrogen and oxygen atoms in total. The zero-order chi connectivity index (χ0) is 18.6. The van der Waals surface area contributed by atoms with Gasteiger partial charge in [0.05, 0.1) is 18.7 Å². The van der Waals surface area contributed by atoms with E-state index in [0.29, 0.717) is 17.0 Å². The van der Waals surface area contributed by atoms with Gasteiger partial charge in [-0.1, -0.05) is 11.2 Å². The number of benzene rings is 1. The molecule has 2 amide bonds. The highest BCUT2D eigenvalue weighted by Crippen LogP contribution is 2.18. The summed E-state index contributed by atoms with van der Waals surface area (Å²) >= 11 is 0. The Kier molecular flexibility index (Phi) is 5.84. The fraction of sp³-hybridized carbons (Fsp3) is 0.353. The second kappa shape index (κ2) is 7.87. The van der Waals surface area contributed by atoms with Crippen LogP contribution in [0, 0.1) is 25.5 Å². The third kappa shape index (κ3) is 4.40. The van der Waals surface area contributed by atoms with E-state index >= 15 is 0 Å². The van der Waals surface area contributed by atoms with Gasteiger partial charge in [0, 0.05) is 12.1 Å². The number of hydrogen-bond acceptors (Lipinski definition) is 4. The number of rotatable bonds is 6. The van der Waals surface area contributed by atoms with Gasteiger partial charge < -0.3 is 14.7 Å². The molecular weight excluding hydrogens is 332 g/mol. The van der Waals surface area contributed by atoms with E-state index in [9.17, 15) is 18.4 Å². The largest absolute Gasteiger partial charge is 0.361 e. The quantitative estimate of drug-likeness (QED) is 0.868. The highest BCUT2D eigenvalue weighted by molar-refractivity contribution is 5.95. The summed E-state index contributed by atoms with van der Waals surface area (Å²) in [6.45, 7) is 5.10. The van der Waals surface area contributed by atoms with Crippen LogP contribution >= 0.6 is 0 Å². The van der Waals surface area contributed by atoms with Gasteiger partial charge in [0.15, 0.2) is 0 Å². The number of anilines is 1. The van der Waals surface area contributed by atoms with Crippen molar-refractivity contribution >= 4 is 17.5 Å². The van der Waals surface area contributed by atoms with Crippen LogP contribution in [0.2, 0.25) is 0 Å². The van der Waals surface area contributed by atoms with Crippen LogP contribution in [0.15, 0.2) is 22.7 Å². The van der Waals surface area contributed by atoms with Gasteiger partial charge >= 0.3 is 0 Å². The van der Waals surface area contributed by atoms with Crippen LogP contribution in [-0.4, -0.2) is 35.0 Å². The smallest absolute Gasteiger partial charge is 0.244 e. The molecule has 0 aliphatic carbocycles. The number of hydrogen-bond donors (Lipinski definition) is 1. The maximum atomic E-state index is 13.6. The molecule has 0 fully saturated rings. The van der Waals surface area contributed by atoms with Crippen molar-refractivity contribution in [2.75, 3.05) is 18.4 Å². The number of aromatic nitrogens is 1. The van der Waals surface area contributed by atoms with Crippen LogP contribution in [0.1, 0.15) is 23.9 Å². The SMILES string of the molecule is CCN(CC(=O)Nc1c(F)cccc1F)C(=O)Cc1c(C)noc1C. The second-order valence-electron chi connectivity index (χ2n) is 5.53. The van der Waals surface area contributed by atoms with Crippen molar-refractivity contribution in [3.05, 3.63) is 46.9 Å². The number of halogens is 2. The Labute approximate surface area is 143 Å². The van der Waals surface area contributed by atoms with Crippen LogP contribution in [0.5, 0.6) is 0 Å². The molecule has 0 radical (unpaired) electrons. The first-order valence-electron chi connectivity index (χ1n) is 7.76. The van der Waals surface area contributed by atoms with E-state index in [1.165, 1.54) is 11.0 Å². The van der Waals surface area contributed by atoms with Crippen LogP contribution in [0.4, 0.5) is 14.5 Å². The molecule has 8 heteroatoms. The lowest BCUT2D eigenvalue weighted by Crippen LogP contribution is -2.39. The van der Waals surface area contributed by atoms with Gasteiger partial charge in [-0.05, 0) is 32.9 Å². The van der Waals surface area contributed by atoms with Crippen molar-refractivity contribution in [1.82, 2.24) is 10.1 Å². The van der Waals surface area contributed by atoms with Crippen LogP contribution < -0.4 is 5.32 Å². The zero-order valence-corrected chi connectivity index (χ0v) is 14.2. The van der Waals surface area contributed by atoms with Crippen molar-refractivity contribution in [2.24, 2.45) is 0 Å². The lowest BCUT2D eigenvalue weighted by Gasteiger charge is -2.20. The number of aryl methyl sites for hydroxylation is 2. The summed E-state index contributed by atoms with van der Waals surface area (Å²) in [5.74, 6) is -2.20. The Morgan fingerprint density at radius 3 is 2.40 bits per heavy atom. The molecule has 0 atom stereocenters. The fourth-order valence-electron chi connectivity index (χ4n) is 2.36. The molecule has 1 heterocycles. The van der Waals surface area contributed by atoms with Crippen molar-refractivity contribution in [3.8, 4) is 0 Å². The summed E-state index contributed by atoms with van der Waals surface area (Å²) < 4.78 is 32.2. The van der Waals surface area contributed by atoms with Crippen LogP contribution in [0.3, 0.4) is 0 Å². The van der Waals surface area contributed by atoms with Crippen molar-refractivity contribution in [1.29, 1.82) is 0 Å². The molecular formula is C17H19F2N3O3. The standard InChI is InChI=1S/C17H19F2N3O3/c1-4-22(16(24)8-12-10(2)21-25-11(12)3)9-15(23)20-17-13(18)6-5-7-14(17)19/h5-7H,4,8-9H2,1-3H3,(H,20,23). The summed E-state index contributed by atoms with van der Waals surface area (Å²) in [4.78, 5) is 25.7. The Morgan fingerprint density at radius 2 is 1.88 bits per heavy atom. The Balaban J connectivity index is 2.03. The molecule has 1 aromatic carbocycles. The van der Waals surface area contributed by atoms with E-state index in [2.05, 4.69) is 10.5 Å². The number of likely N-dealkylation sites (N-methyl/N-ethyl adjacent to an activating group) is 1. The van der Waals surface area contributed by atoms with Crippen molar-refractivity contribution in [2.45, 2.75) is 27.2 Å². The molecule has 0 saturated heterocycles. The molecule has 2 rings (SSSR count). The maximum absolute atomic E-state index is 13.6. The minimum absolute atomic E-state index is 0.0380. The summed E-state index contributed by atoms with van der Waals surface area (Å²) in [5, 5.41) is 5.95. The Bertz CT molecular complexity index is 750. The van der Waals surface area contributed by atoms with Crippen LogP contribution in [0.25, 0.3) is 0 Å². The molecule has 1 N–H and O–H groups in total. The van der Waals surface area contributed by atoms with E-state index in [1.54, 1.807) is 20.8 Å². The van der Waals surface area contributed by atoms with Gasteiger partial charge in [-0.15, -0.1) is 0 Å². The molecule has 0 aliphatic rings. The molecule has 0 unspecified atom stereocenters. The summed E-state index contributed by atoms with van der Waals surface area (Å²) in [5.41, 5.74) is 0.755.